The number of nitrogens with one attached hydrogen (secondary N) is 1. The van der Waals surface area contributed by atoms with E-state index >= 15 is 0 Å². The quantitative estimate of drug-likeness (QED) is 0.731. The highest BCUT2D eigenvalue weighted by Gasteiger charge is 2.17. The van der Waals surface area contributed by atoms with Crippen LogP contribution in [0.4, 0.5) is 0 Å². The van der Waals surface area contributed by atoms with E-state index in [1.54, 1.807) is 6.07 Å². The fraction of sp³-hybridized carbons (Fsp3) is 0.643. The van der Waals surface area contributed by atoms with Crippen molar-refractivity contribution < 1.29 is 13.5 Å². The number of rotatable bonds is 9. The van der Waals surface area contributed by atoms with E-state index in [4.69, 9.17) is 5.11 Å². The van der Waals surface area contributed by atoms with Gasteiger partial charge in [0.25, 0.3) is 10.0 Å². The van der Waals surface area contributed by atoms with E-state index in [9.17, 15) is 8.42 Å². The average molecular weight is 300 g/mol. The molecule has 1 rings (SSSR count). The normalized spacial score (nSPS) is 13.3. The lowest BCUT2D eigenvalue weighted by Gasteiger charge is -2.15. The Kier molecular flexibility index (Phi) is 7.12. The van der Waals surface area contributed by atoms with E-state index in [-0.39, 0.29) is 11.6 Å². The van der Waals surface area contributed by atoms with Crippen LogP contribution < -0.4 is 4.72 Å². The van der Waals surface area contributed by atoms with E-state index in [0.717, 1.165) is 25.7 Å². The molecule has 20 heavy (non-hydrogen) atoms. The largest absolute Gasteiger partial charge is 0.392 e. The third kappa shape index (κ3) is 5.19. The molecule has 0 radical (unpaired) electrons. The molecule has 0 aliphatic heterocycles. The number of sulfonamides is 1. The first kappa shape index (κ1) is 17.1. The predicted molar refractivity (Wildman–Crippen MR) is 78.7 cm³/mol. The Morgan fingerprint density at radius 2 is 2.10 bits per heavy atom. The van der Waals surface area contributed by atoms with Crippen molar-refractivity contribution in [3.63, 3.8) is 0 Å². The zero-order valence-corrected chi connectivity index (χ0v) is 13.0. The molecule has 0 fully saturated rings. The van der Waals surface area contributed by atoms with Crippen LogP contribution in [0.25, 0.3) is 0 Å². The van der Waals surface area contributed by atoms with Gasteiger partial charge >= 0.3 is 0 Å². The molecule has 0 aliphatic rings. The number of nitrogens with zero attached hydrogens (tertiary/aromatic N) is 1. The molecule has 1 atom stereocenters. The van der Waals surface area contributed by atoms with E-state index < -0.39 is 10.0 Å². The van der Waals surface area contributed by atoms with Gasteiger partial charge in [-0.05, 0) is 24.0 Å². The van der Waals surface area contributed by atoms with Crippen LogP contribution >= 0.6 is 0 Å². The number of hydrogen-bond acceptors (Lipinski definition) is 4. The molecule has 0 saturated carbocycles. The van der Waals surface area contributed by atoms with Crippen LogP contribution in [-0.4, -0.2) is 25.1 Å². The van der Waals surface area contributed by atoms with Crippen molar-refractivity contribution in [3.8, 4) is 0 Å². The van der Waals surface area contributed by atoms with E-state index in [1.165, 1.54) is 12.3 Å². The van der Waals surface area contributed by atoms with Gasteiger partial charge < -0.3 is 5.11 Å². The minimum absolute atomic E-state index is 0.0000413. The molecular weight excluding hydrogens is 276 g/mol. The summed E-state index contributed by atoms with van der Waals surface area (Å²) >= 11 is 0. The Balaban J connectivity index is 2.63. The molecule has 0 spiro atoms. The first-order valence-corrected chi connectivity index (χ1v) is 8.57. The zero-order valence-electron chi connectivity index (χ0n) is 12.2. The van der Waals surface area contributed by atoms with Gasteiger partial charge in [0.1, 0.15) is 0 Å². The number of aliphatic hydroxyl groups is 1. The second-order valence-electron chi connectivity index (χ2n) is 4.93. The van der Waals surface area contributed by atoms with Gasteiger partial charge in [0.2, 0.25) is 0 Å². The molecule has 0 aromatic carbocycles. The summed E-state index contributed by atoms with van der Waals surface area (Å²) in [4.78, 5) is 3.88. The van der Waals surface area contributed by atoms with Crippen molar-refractivity contribution in [2.75, 3.05) is 6.54 Å². The highest BCUT2D eigenvalue weighted by atomic mass is 32.2. The lowest BCUT2D eigenvalue weighted by atomic mass is 10.00. The van der Waals surface area contributed by atoms with E-state index in [2.05, 4.69) is 23.6 Å². The Morgan fingerprint density at radius 3 is 2.60 bits per heavy atom. The van der Waals surface area contributed by atoms with Crippen LogP contribution in [-0.2, 0) is 16.6 Å². The summed E-state index contributed by atoms with van der Waals surface area (Å²) in [6.45, 7) is 4.50. The number of hydrogen-bond donors (Lipinski definition) is 2. The molecule has 2 N–H and O–H groups in total. The van der Waals surface area contributed by atoms with Crippen molar-refractivity contribution in [2.45, 2.75) is 51.2 Å². The molecule has 0 bridgehead atoms. The fourth-order valence-electron chi connectivity index (χ4n) is 1.91. The Morgan fingerprint density at radius 1 is 1.35 bits per heavy atom. The summed E-state index contributed by atoms with van der Waals surface area (Å²) in [7, 11) is -3.56. The molecule has 6 heteroatoms. The highest BCUT2D eigenvalue weighted by Crippen LogP contribution is 2.13. The Labute approximate surface area is 121 Å². The minimum atomic E-state index is -3.56. The van der Waals surface area contributed by atoms with Gasteiger partial charge in [0, 0.05) is 12.7 Å². The number of pyridine rings is 1. The van der Waals surface area contributed by atoms with Gasteiger partial charge in [-0.1, -0.05) is 39.2 Å². The fourth-order valence-corrected chi connectivity index (χ4v) is 2.95. The average Bonchev–Trinajstić information content (AvgIpc) is 2.47. The maximum absolute atomic E-state index is 12.1. The van der Waals surface area contributed by atoms with Crippen molar-refractivity contribution in [3.05, 3.63) is 23.9 Å². The molecule has 1 unspecified atom stereocenters. The third-order valence-corrected chi connectivity index (χ3v) is 4.70. The van der Waals surface area contributed by atoms with Crippen molar-refractivity contribution in [1.29, 1.82) is 0 Å². The molecule has 0 aliphatic carbocycles. The van der Waals surface area contributed by atoms with Crippen molar-refractivity contribution in [2.24, 2.45) is 5.92 Å². The Hall–Kier alpha value is -0.980. The van der Waals surface area contributed by atoms with Gasteiger partial charge in [-0.25, -0.2) is 18.1 Å². The molecule has 1 aromatic rings. The molecule has 114 valence electrons. The van der Waals surface area contributed by atoms with Crippen LogP contribution in [0.3, 0.4) is 0 Å². The van der Waals surface area contributed by atoms with Crippen LogP contribution in [0, 0.1) is 5.92 Å². The first-order chi connectivity index (χ1) is 9.53. The molecule has 1 aromatic heterocycles. The smallest absolute Gasteiger partial charge is 0.258 e. The monoisotopic (exact) mass is 300 g/mol. The third-order valence-electron chi connectivity index (χ3n) is 3.36. The SMILES string of the molecule is CCCCC(CC)CNS(=O)(=O)c1ccc(CO)cn1. The van der Waals surface area contributed by atoms with Crippen LogP contribution in [0.2, 0.25) is 0 Å². The highest BCUT2D eigenvalue weighted by molar-refractivity contribution is 7.89. The van der Waals surface area contributed by atoms with Gasteiger partial charge in [-0.2, -0.15) is 0 Å². The molecule has 0 amide bonds. The van der Waals surface area contributed by atoms with Gasteiger partial charge in [0.15, 0.2) is 5.03 Å². The second kappa shape index (κ2) is 8.34. The van der Waals surface area contributed by atoms with Gasteiger partial charge in [-0.15, -0.1) is 0 Å². The lowest BCUT2D eigenvalue weighted by molar-refractivity contribution is 0.281. The minimum Gasteiger partial charge on any atom is -0.392 e. The van der Waals surface area contributed by atoms with E-state index in [0.29, 0.717) is 18.0 Å². The lowest BCUT2D eigenvalue weighted by Crippen LogP contribution is -2.29. The van der Waals surface area contributed by atoms with Gasteiger partial charge in [-0.3, -0.25) is 0 Å². The van der Waals surface area contributed by atoms with Crippen LogP contribution in [0.5, 0.6) is 0 Å². The topological polar surface area (TPSA) is 79.3 Å². The molecular formula is C14H24N2O3S. The number of unbranched alkanes of at least 4 members (excludes halogenated alkanes) is 1. The molecule has 1 heterocycles. The standard InChI is InChI=1S/C14H24N2O3S/c1-3-5-6-12(4-2)10-16-20(18,19)14-8-7-13(11-17)9-15-14/h7-9,12,16-17H,3-6,10-11H2,1-2H3. The summed E-state index contributed by atoms with van der Waals surface area (Å²) in [5.74, 6) is 0.362. The molecule has 5 nitrogen and oxygen atoms in total. The first-order valence-electron chi connectivity index (χ1n) is 7.09. The van der Waals surface area contributed by atoms with Crippen molar-refractivity contribution in [1.82, 2.24) is 9.71 Å². The second-order valence-corrected chi connectivity index (χ2v) is 6.65. The number of aliphatic hydroxyl groups excluding tert-OH is 1. The summed E-state index contributed by atoms with van der Waals surface area (Å²) in [5.41, 5.74) is 0.596. The number of aromatic nitrogens is 1. The summed E-state index contributed by atoms with van der Waals surface area (Å²) in [6.07, 6.45) is 5.60. The van der Waals surface area contributed by atoms with E-state index in [1.807, 2.05) is 0 Å². The van der Waals surface area contributed by atoms with Crippen molar-refractivity contribution >= 4 is 10.0 Å². The van der Waals surface area contributed by atoms with Gasteiger partial charge in [0.05, 0.1) is 6.61 Å². The Bertz CT molecular complexity index is 486. The summed E-state index contributed by atoms with van der Waals surface area (Å²) < 4.78 is 26.8. The zero-order chi connectivity index (χ0) is 15.0. The maximum atomic E-state index is 12.1. The molecule has 0 saturated heterocycles. The maximum Gasteiger partial charge on any atom is 0.258 e. The summed E-state index contributed by atoms with van der Waals surface area (Å²) in [6, 6.07) is 2.98. The van der Waals surface area contributed by atoms with Crippen LogP contribution in [0.15, 0.2) is 23.4 Å². The predicted octanol–water partition coefficient (Wildman–Crippen LogP) is 2.07. The van der Waals surface area contributed by atoms with Crippen LogP contribution in [0.1, 0.15) is 45.1 Å². The summed E-state index contributed by atoms with van der Waals surface area (Å²) in [5, 5.41) is 8.92.